The van der Waals surface area contributed by atoms with E-state index in [-0.39, 0.29) is 23.1 Å². The minimum atomic E-state index is -0.138. The number of nitrogens with one attached hydrogen (secondary N) is 3. The Morgan fingerprint density at radius 3 is 2.21 bits per heavy atom. The molecule has 3 aromatic rings. The predicted molar refractivity (Wildman–Crippen MR) is 153 cm³/mol. The first kappa shape index (κ1) is 24.0. The van der Waals surface area contributed by atoms with E-state index in [0.717, 1.165) is 89.7 Å². The van der Waals surface area contributed by atoms with Crippen LogP contribution in [0.1, 0.15) is 71.1 Å². The summed E-state index contributed by atoms with van der Waals surface area (Å²) >= 11 is 0. The van der Waals surface area contributed by atoms with Gasteiger partial charge in [-0.1, -0.05) is 31.9 Å². The second-order valence-corrected chi connectivity index (χ2v) is 13.2. The summed E-state index contributed by atoms with van der Waals surface area (Å²) in [4.78, 5) is 29.8. The predicted octanol–water partition coefficient (Wildman–Crippen LogP) is 7.75. The monoisotopic (exact) mass is 509 g/mol. The highest BCUT2D eigenvalue weighted by Crippen LogP contribution is 2.60. The molecule has 0 spiro atoms. The van der Waals surface area contributed by atoms with Gasteiger partial charge in [0.15, 0.2) is 0 Å². The van der Waals surface area contributed by atoms with Gasteiger partial charge in [0.2, 0.25) is 11.8 Å². The lowest BCUT2D eigenvalue weighted by molar-refractivity contribution is -0.140. The molecule has 4 bridgehead atoms. The molecule has 3 N–H and O–H groups in total. The van der Waals surface area contributed by atoms with Crippen molar-refractivity contribution >= 4 is 34.1 Å². The fourth-order valence-electron chi connectivity index (χ4n) is 8.74. The van der Waals surface area contributed by atoms with Crippen molar-refractivity contribution in [2.75, 3.05) is 10.6 Å². The number of carbonyl (C=O) groups is 2. The van der Waals surface area contributed by atoms with Crippen LogP contribution >= 0.6 is 0 Å². The molecule has 38 heavy (non-hydrogen) atoms. The molecule has 5 fully saturated rings. The van der Waals surface area contributed by atoms with E-state index in [1.165, 1.54) is 25.7 Å². The fourth-order valence-corrected chi connectivity index (χ4v) is 8.74. The summed E-state index contributed by atoms with van der Waals surface area (Å²) in [5, 5.41) is 7.54. The van der Waals surface area contributed by atoms with Gasteiger partial charge in [0, 0.05) is 40.0 Å². The number of H-pyrrole nitrogens is 1. The quantitative estimate of drug-likeness (QED) is 0.329. The SMILES string of the molecule is CC1CCCC(C(=O)Nc2ccc3[nH]cc(-c4ccc(NC(=O)C56CC7CC(CC(C7)C5)C6)cc4)c3c2)C1. The van der Waals surface area contributed by atoms with Gasteiger partial charge in [-0.05, 0) is 111 Å². The van der Waals surface area contributed by atoms with Crippen molar-refractivity contribution in [3.8, 4) is 11.1 Å². The fraction of sp³-hybridized carbons (Fsp3) is 0.515. The normalized spacial score (nSPS) is 31.9. The number of aromatic nitrogens is 1. The topological polar surface area (TPSA) is 74.0 Å². The van der Waals surface area contributed by atoms with Crippen molar-refractivity contribution in [2.24, 2.45) is 35.0 Å². The zero-order valence-electron chi connectivity index (χ0n) is 22.4. The van der Waals surface area contributed by atoms with Gasteiger partial charge in [-0.25, -0.2) is 0 Å². The van der Waals surface area contributed by atoms with E-state index in [1.54, 1.807) is 0 Å². The summed E-state index contributed by atoms with van der Waals surface area (Å²) in [5.41, 5.74) is 4.82. The van der Waals surface area contributed by atoms with Crippen LogP contribution < -0.4 is 10.6 Å². The average molecular weight is 510 g/mol. The van der Waals surface area contributed by atoms with Gasteiger partial charge >= 0.3 is 0 Å². The van der Waals surface area contributed by atoms with Crippen LogP contribution in [0.25, 0.3) is 22.0 Å². The van der Waals surface area contributed by atoms with Gasteiger partial charge < -0.3 is 15.6 Å². The first-order valence-electron chi connectivity index (χ1n) is 14.8. The lowest BCUT2D eigenvalue weighted by Gasteiger charge is -2.55. The summed E-state index contributed by atoms with van der Waals surface area (Å²) in [7, 11) is 0. The van der Waals surface area contributed by atoms with E-state index in [0.29, 0.717) is 5.92 Å². The molecule has 1 aromatic heterocycles. The number of hydrogen-bond acceptors (Lipinski definition) is 2. The van der Waals surface area contributed by atoms with Gasteiger partial charge in [0.25, 0.3) is 0 Å². The molecule has 2 atom stereocenters. The molecular weight excluding hydrogens is 470 g/mol. The Balaban J connectivity index is 1.06. The third-order valence-electron chi connectivity index (χ3n) is 10.2. The molecule has 5 nitrogen and oxygen atoms in total. The second-order valence-electron chi connectivity index (χ2n) is 13.2. The lowest BCUT2D eigenvalue weighted by Crippen LogP contribution is -2.51. The van der Waals surface area contributed by atoms with Crippen molar-refractivity contribution in [3.63, 3.8) is 0 Å². The minimum absolute atomic E-state index is 0.112. The number of fused-ring (bicyclic) bond motifs is 1. The van der Waals surface area contributed by atoms with Gasteiger partial charge in [-0.3, -0.25) is 9.59 Å². The largest absolute Gasteiger partial charge is 0.361 e. The van der Waals surface area contributed by atoms with Crippen molar-refractivity contribution in [1.29, 1.82) is 0 Å². The number of benzene rings is 2. The smallest absolute Gasteiger partial charge is 0.230 e. The Labute approximate surface area is 225 Å². The van der Waals surface area contributed by atoms with Crippen LogP contribution in [0, 0.1) is 35.0 Å². The van der Waals surface area contributed by atoms with E-state index in [9.17, 15) is 9.59 Å². The van der Waals surface area contributed by atoms with Gasteiger partial charge in [0.1, 0.15) is 0 Å². The number of aromatic amines is 1. The van der Waals surface area contributed by atoms with Gasteiger partial charge in [-0.15, -0.1) is 0 Å². The van der Waals surface area contributed by atoms with E-state index in [4.69, 9.17) is 0 Å². The number of rotatable bonds is 5. The first-order chi connectivity index (χ1) is 18.4. The summed E-state index contributed by atoms with van der Waals surface area (Å²) in [6.45, 7) is 2.25. The molecule has 0 aliphatic heterocycles. The summed E-state index contributed by atoms with van der Waals surface area (Å²) in [6.07, 6.45) is 13.6. The molecule has 5 aliphatic rings. The Morgan fingerprint density at radius 1 is 0.842 bits per heavy atom. The summed E-state index contributed by atoms with van der Waals surface area (Å²) in [6, 6.07) is 14.3. The number of carbonyl (C=O) groups excluding carboxylic acids is 2. The van der Waals surface area contributed by atoms with E-state index in [2.05, 4.69) is 40.7 Å². The van der Waals surface area contributed by atoms with Crippen LogP contribution in [0.2, 0.25) is 0 Å². The molecule has 5 aliphatic carbocycles. The van der Waals surface area contributed by atoms with Crippen molar-refractivity contribution in [3.05, 3.63) is 48.7 Å². The van der Waals surface area contributed by atoms with Crippen LogP contribution in [0.5, 0.6) is 0 Å². The standard InChI is InChI=1S/C33H39N3O2/c1-20-3-2-4-25(11-20)31(37)35-27-9-10-30-28(15-27)29(19-34-30)24-5-7-26(8-6-24)36-32(38)33-16-21-12-22(17-33)14-23(13-21)18-33/h5-10,15,19-23,25,34H,2-4,11-14,16-18H2,1H3,(H,35,37)(H,36,38). The summed E-state index contributed by atoms with van der Waals surface area (Å²) < 4.78 is 0. The van der Waals surface area contributed by atoms with Crippen molar-refractivity contribution in [1.82, 2.24) is 4.98 Å². The summed E-state index contributed by atoms with van der Waals surface area (Å²) in [5.74, 6) is 3.41. The van der Waals surface area contributed by atoms with E-state index < -0.39 is 0 Å². The zero-order valence-corrected chi connectivity index (χ0v) is 22.4. The van der Waals surface area contributed by atoms with E-state index >= 15 is 0 Å². The highest BCUT2D eigenvalue weighted by molar-refractivity contribution is 6.01. The maximum absolute atomic E-state index is 13.5. The number of anilines is 2. The zero-order chi connectivity index (χ0) is 25.9. The molecule has 2 unspecified atom stereocenters. The molecule has 2 aromatic carbocycles. The lowest BCUT2D eigenvalue weighted by atomic mass is 9.49. The van der Waals surface area contributed by atoms with Crippen molar-refractivity contribution < 1.29 is 9.59 Å². The van der Waals surface area contributed by atoms with Crippen LogP contribution in [-0.2, 0) is 9.59 Å². The first-order valence-corrected chi connectivity index (χ1v) is 14.8. The highest BCUT2D eigenvalue weighted by Gasteiger charge is 2.54. The molecule has 2 amide bonds. The maximum atomic E-state index is 13.5. The molecule has 8 rings (SSSR count). The Morgan fingerprint density at radius 2 is 1.53 bits per heavy atom. The van der Waals surface area contributed by atoms with Crippen LogP contribution in [0.15, 0.2) is 48.7 Å². The molecule has 5 heteroatoms. The average Bonchev–Trinajstić information content (AvgIpc) is 3.32. The maximum Gasteiger partial charge on any atom is 0.230 e. The molecule has 5 saturated carbocycles. The van der Waals surface area contributed by atoms with Crippen LogP contribution in [0.4, 0.5) is 11.4 Å². The number of hydrogen-bond donors (Lipinski definition) is 3. The number of amides is 2. The Bertz CT molecular complexity index is 1340. The third-order valence-corrected chi connectivity index (χ3v) is 10.2. The molecule has 1 heterocycles. The third kappa shape index (κ3) is 4.34. The Hall–Kier alpha value is -3.08. The highest BCUT2D eigenvalue weighted by atomic mass is 16.2. The molecule has 0 radical (unpaired) electrons. The van der Waals surface area contributed by atoms with Crippen LogP contribution in [-0.4, -0.2) is 16.8 Å². The Kier molecular flexibility index (Phi) is 5.86. The van der Waals surface area contributed by atoms with Crippen LogP contribution in [0.3, 0.4) is 0 Å². The van der Waals surface area contributed by atoms with Crippen molar-refractivity contribution in [2.45, 2.75) is 71.1 Å². The van der Waals surface area contributed by atoms with Gasteiger partial charge in [0.05, 0.1) is 5.41 Å². The minimum Gasteiger partial charge on any atom is -0.361 e. The van der Waals surface area contributed by atoms with E-state index in [1.807, 2.05) is 30.5 Å². The molecular formula is C33H39N3O2. The molecule has 0 saturated heterocycles. The van der Waals surface area contributed by atoms with Gasteiger partial charge in [-0.2, -0.15) is 0 Å². The molecule has 198 valence electrons. The second kappa shape index (κ2) is 9.29.